The molecule has 1 aromatic heterocycles. The molecule has 2 N–H and O–H groups in total. The van der Waals surface area contributed by atoms with Crippen LogP contribution in [0.3, 0.4) is 0 Å². The zero-order valence-corrected chi connectivity index (χ0v) is 15.6. The van der Waals surface area contributed by atoms with E-state index in [1.165, 1.54) is 6.20 Å². The first-order chi connectivity index (χ1) is 13.1. The largest absolute Gasteiger partial charge is 0.497 e. The maximum absolute atomic E-state index is 12.3. The first kappa shape index (κ1) is 18.5. The number of pyridine rings is 1. The van der Waals surface area contributed by atoms with Gasteiger partial charge in [-0.2, -0.15) is 0 Å². The van der Waals surface area contributed by atoms with Crippen LogP contribution in [0.15, 0.2) is 60.8 Å². The van der Waals surface area contributed by atoms with Crippen molar-refractivity contribution in [1.29, 1.82) is 0 Å². The quantitative estimate of drug-likeness (QED) is 0.642. The normalized spacial score (nSPS) is 10.2. The van der Waals surface area contributed by atoms with Crippen LogP contribution in [-0.4, -0.2) is 25.1 Å². The fraction of sp³-hybridized carbons (Fsp3) is 0.100. The Morgan fingerprint density at radius 2 is 1.78 bits per heavy atom. The molecule has 0 saturated carbocycles. The second kappa shape index (κ2) is 8.42. The molecule has 0 radical (unpaired) electrons. The van der Waals surface area contributed by atoms with Crippen molar-refractivity contribution in [3.8, 4) is 11.5 Å². The Labute approximate surface area is 162 Å². The van der Waals surface area contributed by atoms with Gasteiger partial charge in [0.05, 0.1) is 25.5 Å². The van der Waals surface area contributed by atoms with Gasteiger partial charge in [0.2, 0.25) is 0 Å². The molecule has 0 bridgehead atoms. The van der Waals surface area contributed by atoms with Gasteiger partial charge in [-0.15, -0.1) is 0 Å². The van der Waals surface area contributed by atoms with Crippen molar-refractivity contribution in [2.24, 2.45) is 0 Å². The summed E-state index contributed by atoms with van der Waals surface area (Å²) in [5, 5.41) is 6.56. The van der Waals surface area contributed by atoms with E-state index in [0.717, 1.165) is 5.69 Å². The number of rotatable bonds is 6. The minimum Gasteiger partial charge on any atom is -0.497 e. The molecule has 3 rings (SSSR count). The SMILES string of the molecule is COc1ccc(Nc2ccc(C(=O)Nc3ccc(Cl)cc3)cn2)c(OC)c1. The van der Waals surface area contributed by atoms with Crippen molar-refractivity contribution in [3.05, 3.63) is 71.4 Å². The van der Waals surface area contributed by atoms with Crippen molar-refractivity contribution in [1.82, 2.24) is 4.98 Å². The number of carbonyl (C=O) groups excluding carboxylic acids is 1. The van der Waals surface area contributed by atoms with Crippen LogP contribution in [0.4, 0.5) is 17.2 Å². The number of nitrogens with one attached hydrogen (secondary N) is 2. The molecular weight excluding hydrogens is 366 g/mol. The van der Waals surface area contributed by atoms with Gasteiger partial charge in [-0.3, -0.25) is 4.79 Å². The minimum atomic E-state index is -0.251. The van der Waals surface area contributed by atoms with Crippen LogP contribution >= 0.6 is 11.6 Å². The second-order valence-electron chi connectivity index (χ2n) is 5.58. The highest BCUT2D eigenvalue weighted by molar-refractivity contribution is 6.30. The number of ether oxygens (including phenoxy) is 2. The highest BCUT2D eigenvalue weighted by atomic mass is 35.5. The van der Waals surface area contributed by atoms with Crippen molar-refractivity contribution in [3.63, 3.8) is 0 Å². The zero-order valence-electron chi connectivity index (χ0n) is 14.8. The predicted octanol–water partition coefficient (Wildman–Crippen LogP) is 4.75. The van der Waals surface area contributed by atoms with E-state index >= 15 is 0 Å². The molecule has 2 aromatic carbocycles. The van der Waals surface area contributed by atoms with Crippen LogP contribution in [0, 0.1) is 0 Å². The van der Waals surface area contributed by atoms with Crippen LogP contribution in [0.2, 0.25) is 5.02 Å². The summed E-state index contributed by atoms with van der Waals surface area (Å²) >= 11 is 5.84. The summed E-state index contributed by atoms with van der Waals surface area (Å²) < 4.78 is 10.5. The molecule has 138 valence electrons. The summed E-state index contributed by atoms with van der Waals surface area (Å²) in [6.45, 7) is 0. The third-order valence-corrected chi connectivity index (χ3v) is 4.05. The average molecular weight is 384 g/mol. The highest BCUT2D eigenvalue weighted by Gasteiger charge is 2.09. The van der Waals surface area contributed by atoms with E-state index in [-0.39, 0.29) is 5.91 Å². The van der Waals surface area contributed by atoms with Gasteiger partial charge in [-0.1, -0.05) is 11.6 Å². The average Bonchev–Trinajstić information content (AvgIpc) is 2.70. The number of hydrogen-bond acceptors (Lipinski definition) is 5. The van der Waals surface area contributed by atoms with Crippen molar-refractivity contribution in [2.75, 3.05) is 24.9 Å². The Hall–Kier alpha value is -3.25. The van der Waals surface area contributed by atoms with Gasteiger partial charge in [-0.05, 0) is 48.5 Å². The van der Waals surface area contributed by atoms with Crippen LogP contribution < -0.4 is 20.1 Å². The van der Waals surface area contributed by atoms with Crippen molar-refractivity contribution < 1.29 is 14.3 Å². The molecule has 0 aliphatic rings. The van der Waals surface area contributed by atoms with Crippen LogP contribution in [0.5, 0.6) is 11.5 Å². The van der Waals surface area contributed by atoms with Gasteiger partial charge in [0, 0.05) is 23.0 Å². The summed E-state index contributed by atoms with van der Waals surface area (Å²) in [5.41, 5.74) is 1.84. The fourth-order valence-electron chi connectivity index (χ4n) is 2.38. The molecule has 7 heteroatoms. The number of halogens is 1. The molecule has 1 amide bonds. The standard InChI is InChI=1S/C20H18ClN3O3/c1-26-16-8-9-17(18(11-16)27-2)24-19-10-3-13(12-22-19)20(25)23-15-6-4-14(21)5-7-15/h3-12H,1-2H3,(H,22,24)(H,23,25). The zero-order chi connectivity index (χ0) is 19.2. The Balaban J connectivity index is 1.70. The van der Waals surface area contributed by atoms with Gasteiger partial charge >= 0.3 is 0 Å². The van der Waals surface area contributed by atoms with Crippen LogP contribution in [0.25, 0.3) is 0 Å². The van der Waals surface area contributed by atoms with Gasteiger partial charge in [0.15, 0.2) is 0 Å². The maximum atomic E-state index is 12.3. The smallest absolute Gasteiger partial charge is 0.257 e. The van der Waals surface area contributed by atoms with E-state index in [1.807, 2.05) is 12.1 Å². The highest BCUT2D eigenvalue weighted by Crippen LogP contribution is 2.31. The predicted molar refractivity (Wildman–Crippen MR) is 106 cm³/mol. The minimum absolute atomic E-state index is 0.251. The number of hydrogen-bond donors (Lipinski definition) is 2. The van der Waals surface area contributed by atoms with Gasteiger partial charge in [0.25, 0.3) is 5.91 Å². The number of aromatic nitrogens is 1. The number of carbonyl (C=O) groups is 1. The molecule has 0 unspecified atom stereocenters. The fourth-order valence-corrected chi connectivity index (χ4v) is 2.50. The lowest BCUT2D eigenvalue weighted by Crippen LogP contribution is -2.12. The number of methoxy groups -OCH3 is 2. The van der Waals surface area contributed by atoms with E-state index in [1.54, 1.807) is 56.7 Å². The summed E-state index contributed by atoms with van der Waals surface area (Å²) in [4.78, 5) is 16.6. The molecule has 0 atom stereocenters. The van der Waals surface area contributed by atoms with Crippen molar-refractivity contribution in [2.45, 2.75) is 0 Å². The molecule has 1 heterocycles. The topological polar surface area (TPSA) is 72.5 Å². The third kappa shape index (κ3) is 4.68. The van der Waals surface area contributed by atoms with Gasteiger partial charge < -0.3 is 20.1 Å². The molecule has 27 heavy (non-hydrogen) atoms. The molecule has 0 aliphatic heterocycles. The molecule has 3 aromatic rings. The summed E-state index contributed by atoms with van der Waals surface area (Å²) in [7, 11) is 3.18. The van der Waals surface area contributed by atoms with Crippen LogP contribution in [0.1, 0.15) is 10.4 Å². The summed E-state index contributed by atoms with van der Waals surface area (Å²) in [5.74, 6) is 1.65. The van der Waals surface area contributed by atoms with Crippen LogP contribution in [-0.2, 0) is 0 Å². The van der Waals surface area contributed by atoms with E-state index in [2.05, 4.69) is 15.6 Å². The molecule has 0 saturated heterocycles. The van der Waals surface area contributed by atoms with E-state index in [9.17, 15) is 4.79 Å². The Morgan fingerprint density at radius 3 is 2.41 bits per heavy atom. The second-order valence-corrected chi connectivity index (χ2v) is 6.02. The summed E-state index contributed by atoms with van der Waals surface area (Å²) in [6.07, 6.45) is 1.50. The Kier molecular flexibility index (Phi) is 5.78. The van der Waals surface area contributed by atoms with E-state index in [4.69, 9.17) is 21.1 Å². The Bertz CT molecular complexity index is 928. The first-order valence-electron chi connectivity index (χ1n) is 8.11. The maximum Gasteiger partial charge on any atom is 0.257 e. The molecule has 0 fully saturated rings. The number of amides is 1. The molecule has 0 spiro atoms. The third-order valence-electron chi connectivity index (χ3n) is 3.80. The van der Waals surface area contributed by atoms with E-state index < -0.39 is 0 Å². The lowest BCUT2D eigenvalue weighted by molar-refractivity contribution is 0.102. The van der Waals surface area contributed by atoms with Gasteiger partial charge in [-0.25, -0.2) is 4.98 Å². The number of nitrogens with zero attached hydrogens (tertiary/aromatic N) is 1. The van der Waals surface area contributed by atoms with Crippen molar-refractivity contribution >= 4 is 34.7 Å². The Morgan fingerprint density at radius 1 is 1.00 bits per heavy atom. The first-order valence-corrected chi connectivity index (χ1v) is 8.49. The number of anilines is 3. The number of benzene rings is 2. The lowest BCUT2D eigenvalue weighted by Gasteiger charge is -2.12. The van der Waals surface area contributed by atoms with E-state index in [0.29, 0.717) is 33.6 Å². The van der Waals surface area contributed by atoms with Gasteiger partial charge in [0.1, 0.15) is 17.3 Å². The summed E-state index contributed by atoms with van der Waals surface area (Å²) in [6, 6.07) is 15.7. The molecule has 6 nitrogen and oxygen atoms in total. The molecular formula is C20H18ClN3O3. The monoisotopic (exact) mass is 383 g/mol. The lowest BCUT2D eigenvalue weighted by atomic mass is 10.2. The molecule has 0 aliphatic carbocycles.